The van der Waals surface area contributed by atoms with Crippen LogP contribution in [0.4, 0.5) is 0 Å². The van der Waals surface area contributed by atoms with Crippen molar-refractivity contribution < 1.29 is 8.83 Å². The summed E-state index contributed by atoms with van der Waals surface area (Å²) in [5.41, 5.74) is 17.4. The number of fused-ring (bicyclic) bond motifs is 30. The maximum Gasteiger partial charge on any atom is 0.248 e. The second-order valence-electron chi connectivity index (χ2n) is 33.1. The fraction of sp³-hybridized carbons (Fsp3) is 0. The van der Waals surface area contributed by atoms with E-state index in [4.69, 9.17) is 38.7 Å². The van der Waals surface area contributed by atoms with E-state index in [2.05, 4.69) is 359 Å². The average Bonchev–Trinajstić information content (AvgIpc) is 1.57. The first-order valence-electron chi connectivity index (χ1n) is 43.0. The first-order chi connectivity index (χ1) is 63.9. The highest BCUT2D eigenvalue weighted by Crippen LogP contribution is 2.48. The molecule has 0 saturated heterocycles. The van der Waals surface area contributed by atoms with E-state index in [1.807, 2.05) is 70.4 Å². The molecule has 129 heavy (non-hydrogen) atoms. The van der Waals surface area contributed by atoms with Gasteiger partial charge in [0.15, 0.2) is 17.5 Å². The van der Waals surface area contributed by atoms with Crippen molar-refractivity contribution in [2.75, 3.05) is 0 Å². The Morgan fingerprint density at radius 2 is 0.504 bits per heavy atom. The SMILES string of the molecule is c1ccc2cc3c(cc2c1)c1ccccc1n3-c1nc2c(nc1-c1ccc3sc4ccccc4c3c1)oc1ccccc12.c1ccc2cc3c(cc2c1)c1ccccc1n3-c1nc2c(nc1-c1ccc3sc4ccccc4c3c1)sc1ccccc12.c1ccc2cc3c(cc2c1)c1ccccc1n3-c1nc2oc3ccccc3c2nc1-c1ccc2c(c1)sc1ccccc12. The number of hydrogen-bond donors (Lipinski definition) is 0. The van der Waals surface area contributed by atoms with Crippen LogP contribution in [0.1, 0.15) is 0 Å². The van der Waals surface area contributed by atoms with Crippen LogP contribution in [0.15, 0.2) is 391 Å². The maximum atomic E-state index is 6.30. The van der Waals surface area contributed by atoms with E-state index in [-0.39, 0.29) is 0 Å². The molecule has 0 aliphatic carbocycles. The highest BCUT2D eigenvalue weighted by Gasteiger charge is 2.28. The number of nitrogens with zero attached hydrogens (tertiary/aromatic N) is 9. The van der Waals surface area contributed by atoms with Gasteiger partial charge in [0.2, 0.25) is 11.4 Å². The predicted molar refractivity (Wildman–Crippen MR) is 544 cm³/mol. The summed E-state index contributed by atoms with van der Waals surface area (Å²) >= 11 is 7.18. The number of benzene rings is 18. The van der Waals surface area contributed by atoms with Gasteiger partial charge in [0.05, 0.1) is 33.1 Å². The largest absolute Gasteiger partial charge is 0.436 e. The highest BCUT2D eigenvalue weighted by atomic mass is 32.1. The van der Waals surface area contributed by atoms with Gasteiger partial charge in [-0.25, -0.2) is 24.9 Å². The Hall–Kier alpha value is -16.1. The molecule has 0 atom stereocenters. The summed E-state index contributed by atoms with van der Waals surface area (Å²) in [6.45, 7) is 0. The molecule has 0 N–H and O–H groups in total. The molecule has 0 aliphatic heterocycles. The molecular weight excluding hydrogens is 1660 g/mol. The van der Waals surface area contributed by atoms with Crippen LogP contribution in [0.2, 0.25) is 0 Å². The van der Waals surface area contributed by atoms with Crippen molar-refractivity contribution in [3.8, 4) is 51.2 Å². The number of rotatable bonds is 6. The van der Waals surface area contributed by atoms with Gasteiger partial charge in [-0.2, -0.15) is 4.98 Å². The van der Waals surface area contributed by atoms with E-state index in [0.717, 1.165) is 133 Å². The van der Waals surface area contributed by atoms with Crippen LogP contribution >= 0.6 is 45.3 Å². The fourth-order valence-electron chi connectivity index (χ4n) is 19.9. The molecule has 0 amide bonds. The summed E-state index contributed by atoms with van der Waals surface area (Å²) in [6.07, 6.45) is 0. The molecule has 0 spiro atoms. The average molecular weight is 1720 g/mol. The van der Waals surface area contributed by atoms with Crippen LogP contribution in [-0.2, 0) is 0 Å². The third kappa shape index (κ3) is 11.2. The molecular formula is C114H63N9O2S4. The summed E-state index contributed by atoms with van der Waals surface area (Å²) in [4.78, 5) is 33.2. The Morgan fingerprint density at radius 1 is 0.186 bits per heavy atom. The quantitative estimate of drug-likeness (QED) is 0.162. The van der Waals surface area contributed by atoms with Crippen molar-refractivity contribution in [3.63, 3.8) is 0 Å². The minimum absolute atomic E-state index is 0.537. The molecule has 0 fully saturated rings. The molecule has 30 aromatic rings. The maximum absolute atomic E-state index is 6.30. The van der Waals surface area contributed by atoms with E-state index in [9.17, 15) is 0 Å². The fourth-order valence-corrected chi connectivity index (χ4v) is 24.2. The Morgan fingerprint density at radius 3 is 0.984 bits per heavy atom. The molecule has 0 bridgehead atoms. The standard InChI is InChI=1S/2C38H21N3OS.C38H21N3S2/c1-2-10-23-21-31-28(19-22(23)9-1)25-11-3-6-14-30(25)41(31)37-35(40-38-36(39-37)27-13-4-7-15-32(27)42-38)24-17-18-34-29(20-24)26-12-5-8-16-33(26)43-34;1-2-10-23-20-31-29(19-22(23)9-1)25-11-3-6-14-30(25)41(31)37-35(39-36-28-13-4-7-15-32(28)42-38(36)40-37)24-17-18-27-26-12-5-8-16-33(26)43-34(27)21-24;1-2-10-23-21-31-28(19-22(23)9-1)25-11-3-6-14-30(25)41(31)37-35(40-38-36(39-37)27-13-5-8-16-33(27)43-38)24-17-18-34-29(20-24)26-12-4-7-15-32(26)42-34/h3*1-21H. The number of thiophene rings is 4. The topological polar surface area (TPSA) is 118 Å². The van der Waals surface area contributed by atoms with Gasteiger partial charge in [-0.05, 0) is 166 Å². The number of aromatic nitrogens is 9. The second kappa shape index (κ2) is 28.2. The molecule has 0 unspecified atom stereocenters. The van der Waals surface area contributed by atoms with Gasteiger partial charge in [-0.1, -0.05) is 249 Å². The van der Waals surface area contributed by atoms with Gasteiger partial charge in [0.1, 0.15) is 49.6 Å². The lowest BCUT2D eigenvalue weighted by Gasteiger charge is -2.13. The third-order valence-corrected chi connectivity index (χ3v) is 30.3. The van der Waals surface area contributed by atoms with E-state index < -0.39 is 0 Å². The molecule has 600 valence electrons. The lowest BCUT2D eigenvalue weighted by atomic mass is 10.1. The first kappa shape index (κ1) is 72.2. The van der Waals surface area contributed by atoms with Gasteiger partial charge in [0.25, 0.3) is 0 Å². The smallest absolute Gasteiger partial charge is 0.248 e. The number of hydrogen-bond acceptors (Lipinski definition) is 12. The zero-order chi connectivity index (χ0) is 84.2. The Kier molecular flexibility index (Phi) is 15.8. The van der Waals surface area contributed by atoms with Crippen molar-refractivity contribution in [2.24, 2.45) is 0 Å². The summed E-state index contributed by atoms with van der Waals surface area (Å²) in [7, 11) is 0. The van der Waals surface area contributed by atoms with Crippen LogP contribution in [0.25, 0.3) is 274 Å². The minimum atomic E-state index is 0.537. The van der Waals surface area contributed by atoms with Crippen LogP contribution in [0.3, 0.4) is 0 Å². The lowest BCUT2D eigenvalue weighted by molar-refractivity contribution is 0.651. The third-order valence-electron chi connectivity index (χ3n) is 25.8. The second-order valence-corrected chi connectivity index (χ2v) is 37.4. The Bertz CT molecular complexity index is 9670. The van der Waals surface area contributed by atoms with Gasteiger partial charge in [-0.3, -0.25) is 13.7 Å². The van der Waals surface area contributed by atoms with Gasteiger partial charge >= 0.3 is 0 Å². The van der Waals surface area contributed by atoms with Crippen LogP contribution in [-0.4, -0.2) is 43.6 Å². The number of para-hydroxylation sites is 5. The van der Waals surface area contributed by atoms with Crippen LogP contribution in [0, 0.1) is 0 Å². The monoisotopic (exact) mass is 1720 g/mol. The highest BCUT2D eigenvalue weighted by molar-refractivity contribution is 7.27. The van der Waals surface area contributed by atoms with Crippen molar-refractivity contribution in [3.05, 3.63) is 382 Å². The molecule has 15 heteroatoms. The van der Waals surface area contributed by atoms with Gasteiger partial charge in [0, 0.05) is 130 Å². The summed E-state index contributed by atoms with van der Waals surface area (Å²) in [5.74, 6) is 2.41. The normalized spacial score (nSPS) is 12.2. The molecule has 0 radical (unpaired) electrons. The Balaban J connectivity index is 0.0000000976. The van der Waals surface area contributed by atoms with Gasteiger partial charge in [-0.15, -0.1) is 45.3 Å². The minimum Gasteiger partial charge on any atom is -0.436 e. The van der Waals surface area contributed by atoms with E-state index in [0.29, 0.717) is 11.4 Å². The van der Waals surface area contributed by atoms with Crippen molar-refractivity contribution >= 4 is 268 Å². The molecule has 11 nitrogen and oxygen atoms in total. The molecule has 12 heterocycles. The van der Waals surface area contributed by atoms with E-state index in [1.165, 1.54) is 130 Å². The van der Waals surface area contributed by atoms with E-state index in [1.54, 1.807) is 11.3 Å². The zero-order valence-corrected chi connectivity index (χ0v) is 71.6. The Labute approximate surface area is 748 Å². The van der Waals surface area contributed by atoms with Crippen molar-refractivity contribution in [1.29, 1.82) is 0 Å². The van der Waals surface area contributed by atoms with E-state index >= 15 is 0 Å². The van der Waals surface area contributed by atoms with Crippen LogP contribution < -0.4 is 0 Å². The number of furan rings is 2. The van der Waals surface area contributed by atoms with Crippen LogP contribution in [0.5, 0.6) is 0 Å². The molecule has 12 aromatic heterocycles. The van der Waals surface area contributed by atoms with Crippen molar-refractivity contribution in [1.82, 2.24) is 43.6 Å². The molecule has 0 saturated carbocycles. The summed E-state index contributed by atoms with van der Waals surface area (Å²) < 4.78 is 28.3. The summed E-state index contributed by atoms with van der Waals surface area (Å²) in [6, 6.07) is 136. The lowest BCUT2D eigenvalue weighted by Crippen LogP contribution is -2.03. The summed E-state index contributed by atoms with van der Waals surface area (Å²) in [5, 5.41) is 25.1. The molecule has 18 aromatic carbocycles. The molecule has 30 rings (SSSR count). The molecule has 0 aliphatic rings. The van der Waals surface area contributed by atoms with Crippen molar-refractivity contribution in [2.45, 2.75) is 0 Å². The predicted octanol–water partition coefficient (Wildman–Crippen LogP) is 32.5. The van der Waals surface area contributed by atoms with Gasteiger partial charge < -0.3 is 8.83 Å². The zero-order valence-electron chi connectivity index (χ0n) is 68.3. The first-order valence-corrected chi connectivity index (χ1v) is 46.3.